The number of aliphatic imine (C=N–C) groups is 1. The maximum absolute atomic E-state index is 11.8. The molecule has 0 aromatic carbocycles. The van der Waals surface area contributed by atoms with Crippen LogP contribution in [0.15, 0.2) is 17.3 Å². The van der Waals surface area contributed by atoms with Crippen LogP contribution in [0.5, 0.6) is 0 Å². The molecule has 1 saturated carbocycles. The number of nitrogens with one attached hydrogen (secondary N) is 2. The zero-order valence-corrected chi connectivity index (χ0v) is 14.4. The maximum atomic E-state index is 11.8. The molecule has 2 rings (SSSR count). The third-order valence-electron chi connectivity index (χ3n) is 4.02. The van der Waals surface area contributed by atoms with Gasteiger partial charge in [-0.15, -0.1) is 0 Å². The van der Waals surface area contributed by atoms with E-state index in [1.807, 2.05) is 19.3 Å². The fourth-order valence-corrected chi connectivity index (χ4v) is 2.62. The molecule has 0 atom stereocenters. The van der Waals surface area contributed by atoms with E-state index in [0.717, 1.165) is 18.5 Å². The summed E-state index contributed by atoms with van der Waals surface area (Å²) in [5.74, 6) is 0.721. The Bertz CT molecular complexity index is 530. The van der Waals surface area contributed by atoms with Gasteiger partial charge in [-0.1, -0.05) is 19.3 Å². The van der Waals surface area contributed by atoms with Crippen LogP contribution < -0.4 is 10.6 Å². The van der Waals surface area contributed by atoms with E-state index in [-0.39, 0.29) is 12.5 Å². The van der Waals surface area contributed by atoms with Crippen LogP contribution in [-0.2, 0) is 18.4 Å². The molecule has 1 fully saturated rings. The molecule has 1 heterocycles. The minimum absolute atomic E-state index is 0.0287. The van der Waals surface area contributed by atoms with Gasteiger partial charge in [0.25, 0.3) is 0 Å². The molecule has 0 bridgehead atoms. The van der Waals surface area contributed by atoms with E-state index in [4.69, 9.17) is 0 Å². The van der Waals surface area contributed by atoms with Crippen molar-refractivity contribution in [3.63, 3.8) is 0 Å². The monoisotopic (exact) mass is 320 g/mol. The van der Waals surface area contributed by atoms with Crippen LogP contribution in [0.25, 0.3) is 0 Å². The second kappa shape index (κ2) is 8.55. The first-order valence-electron chi connectivity index (χ1n) is 8.28. The number of hydrogen-bond acceptors (Lipinski definition) is 3. The summed E-state index contributed by atoms with van der Waals surface area (Å²) in [4.78, 5) is 17.9. The molecule has 128 valence electrons. The number of aromatic nitrogens is 2. The van der Waals surface area contributed by atoms with Crippen molar-refractivity contribution in [3.8, 4) is 0 Å². The molecule has 1 aliphatic carbocycles. The first kappa shape index (κ1) is 17.3. The standard InChI is InChI=1S/C16H28N6O/c1-21(2)15(23)12-18-16(19-13-7-5-4-6-8-13)17-11-14-9-10-22(3)20-14/h9-10,13H,4-8,11-12H2,1-3H3,(H2,17,18,19). The smallest absolute Gasteiger partial charge is 0.241 e. The topological polar surface area (TPSA) is 74.5 Å². The Hall–Kier alpha value is -2.05. The Morgan fingerprint density at radius 3 is 2.74 bits per heavy atom. The second-order valence-corrected chi connectivity index (χ2v) is 6.27. The third-order valence-corrected chi connectivity index (χ3v) is 4.02. The van der Waals surface area contributed by atoms with Crippen molar-refractivity contribution in [1.82, 2.24) is 25.3 Å². The largest absolute Gasteiger partial charge is 0.354 e. The summed E-state index contributed by atoms with van der Waals surface area (Å²) < 4.78 is 1.77. The lowest BCUT2D eigenvalue weighted by Gasteiger charge is -2.25. The summed E-state index contributed by atoms with van der Waals surface area (Å²) in [7, 11) is 5.40. The average molecular weight is 320 g/mol. The van der Waals surface area contributed by atoms with Gasteiger partial charge in [0.2, 0.25) is 5.91 Å². The fraction of sp³-hybridized carbons (Fsp3) is 0.688. The number of guanidine groups is 1. The van der Waals surface area contributed by atoms with E-state index in [1.165, 1.54) is 19.3 Å². The van der Waals surface area contributed by atoms with Gasteiger partial charge in [-0.3, -0.25) is 9.48 Å². The molecule has 1 amide bonds. The highest BCUT2D eigenvalue weighted by Crippen LogP contribution is 2.17. The van der Waals surface area contributed by atoms with Crippen molar-refractivity contribution in [2.24, 2.45) is 12.0 Å². The van der Waals surface area contributed by atoms with Crippen molar-refractivity contribution in [1.29, 1.82) is 0 Å². The molecule has 0 unspecified atom stereocenters. The van der Waals surface area contributed by atoms with Crippen molar-refractivity contribution in [3.05, 3.63) is 18.0 Å². The number of hydrogen-bond donors (Lipinski definition) is 2. The van der Waals surface area contributed by atoms with Crippen molar-refractivity contribution < 1.29 is 4.79 Å². The third kappa shape index (κ3) is 5.92. The quantitative estimate of drug-likeness (QED) is 0.624. The van der Waals surface area contributed by atoms with Crippen LogP contribution in [0.3, 0.4) is 0 Å². The number of rotatable bonds is 5. The molecular weight excluding hydrogens is 292 g/mol. The van der Waals surface area contributed by atoms with Crippen LogP contribution >= 0.6 is 0 Å². The first-order valence-corrected chi connectivity index (χ1v) is 8.28. The Labute approximate surface area is 138 Å². The number of aryl methyl sites for hydroxylation is 1. The maximum Gasteiger partial charge on any atom is 0.241 e. The Morgan fingerprint density at radius 1 is 1.39 bits per heavy atom. The van der Waals surface area contributed by atoms with Gasteiger partial charge in [0, 0.05) is 33.4 Å². The van der Waals surface area contributed by atoms with Crippen LogP contribution in [0.1, 0.15) is 37.8 Å². The van der Waals surface area contributed by atoms with E-state index >= 15 is 0 Å². The second-order valence-electron chi connectivity index (χ2n) is 6.27. The predicted octanol–water partition coefficient (Wildman–Crippen LogP) is 0.876. The Balaban J connectivity index is 1.95. The van der Waals surface area contributed by atoms with Crippen LogP contribution in [0, 0.1) is 0 Å². The van der Waals surface area contributed by atoms with Gasteiger partial charge in [0.15, 0.2) is 5.96 Å². The lowest BCUT2D eigenvalue weighted by molar-refractivity contribution is -0.127. The number of amides is 1. The summed E-state index contributed by atoms with van der Waals surface area (Å²) in [6.07, 6.45) is 8.04. The van der Waals surface area contributed by atoms with Crippen LogP contribution in [0.4, 0.5) is 0 Å². The molecule has 1 aromatic rings. The summed E-state index contributed by atoms with van der Waals surface area (Å²) >= 11 is 0. The molecular formula is C16H28N6O. The van der Waals surface area contributed by atoms with E-state index in [9.17, 15) is 4.79 Å². The molecule has 7 heteroatoms. The highest BCUT2D eigenvalue weighted by Gasteiger charge is 2.15. The van der Waals surface area contributed by atoms with Gasteiger partial charge in [0.05, 0.1) is 18.8 Å². The number of likely N-dealkylation sites (N-methyl/N-ethyl adjacent to an activating group) is 1. The van der Waals surface area contributed by atoms with Gasteiger partial charge in [-0.25, -0.2) is 4.99 Å². The summed E-state index contributed by atoms with van der Waals surface area (Å²) in [6, 6.07) is 2.39. The zero-order valence-electron chi connectivity index (χ0n) is 14.4. The highest BCUT2D eigenvalue weighted by atomic mass is 16.2. The molecule has 0 spiro atoms. The average Bonchev–Trinajstić information content (AvgIpc) is 2.96. The lowest BCUT2D eigenvalue weighted by Crippen LogP contribution is -2.47. The Kier molecular flexibility index (Phi) is 6.43. The number of carbonyl (C=O) groups is 1. The first-order chi connectivity index (χ1) is 11.0. The van der Waals surface area contributed by atoms with Gasteiger partial charge >= 0.3 is 0 Å². The molecule has 0 radical (unpaired) electrons. The summed E-state index contributed by atoms with van der Waals surface area (Å²) in [6.45, 7) is 0.743. The van der Waals surface area contributed by atoms with Gasteiger partial charge in [-0.05, 0) is 18.9 Å². The summed E-state index contributed by atoms with van der Waals surface area (Å²) in [5, 5.41) is 10.9. The van der Waals surface area contributed by atoms with Crippen LogP contribution in [-0.4, -0.2) is 53.2 Å². The van der Waals surface area contributed by atoms with Crippen molar-refractivity contribution in [2.45, 2.75) is 44.7 Å². The minimum Gasteiger partial charge on any atom is -0.354 e. The van der Waals surface area contributed by atoms with E-state index < -0.39 is 0 Å². The normalized spacial score (nSPS) is 16.2. The lowest BCUT2D eigenvalue weighted by atomic mass is 9.96. The fourth-order valence-electron chi connectivity index (χ4n) is 2.62. The summed E-state index contributed by atoms with van der Waals surface area (Å²) in [5.41, 5.74) is 0.913. The van der Waals surface area contributed by atoms with Gasteiger partial charge < -0.3 is 15.5 Å². The van der Waals surface area contributed by atoms with E-state index in [0.29, 0.717) is 18.5 Å². The minimum atomic E-state index is 0.0287. The van der Waals surface area contributed by atoms with E-state index in [2.05, 4.69) is 20.7 Å². The van der Waals surface area contributed by atoms with Crippen molar-refractivity contribution in [2.75, 3.05) is 20.6 Å². The highest BCUT2D eigenvalue weighted by molar-refractivity contribution is 5.86. The SMILES string of the molecule is CN(C)C(=O)CNC(=NCc1ccn(C)n1)NC1CCCCC1. The van der Waals surface area contributed by atoms with Crippen LogP contribution in [0.2, 0.25) is 0 Å². The molecule has 1 aromatic heterocycles. The Morgan fingerprint density at radius 2 is 2.13 bits per heavy atom. The van der Waals surface area contributed by atoms with Gasteiger partial charge in [0.1, 0.15) is 0 Å². The van der Waals surface area contributed by atoms with Crippen molar-refractivity contribution >= 4 is 11.9 Å². The predicted molar refractivity (Wildman–Crippen MR) is 91.1 cm³/mol. The zero-order chi connectivity index (χ0) is 16.7. The molecule has 0 aliphatic heterocycles. The van der Waals surface area contributed by atoms with E-state index in [1.54, 1.807) is 23.7 Å². The number of nitrogens with zero attached hydrogens (tertiary/aromatic N) is 4. The molecule has 23 heavy (non-hydrogen) atoms. The molecule has 2 N–H and O–H groups in total. The van der Waals surface area contributed by atoms with Gasteiger partial charge in [-0.2, -0.15) is 5.10 Å². The number of carbonyl (C=O) groups excluding carboxylic acids is 1. The molecule has 0 saturated heterocycles. The molecule has 1 aliphatic rings. The molecule has 7 nitrogen and oxygen atoms in total.